The Morgan fingerprint density at radius 2 is 2.00 bits per heavy atom. The zero-order valence-electron chi connectivity index (χ0n) is 7.61. The minimum Gasteiger partial charge on any atom is -0.204 e. The summed E-state index contributed by atoms with van der Waals surface area (Å²) in [5.74, 6) is -1.57. The molecular formula is C11H12F2. The lowest BCUT2D eigenvalue weighted by molar-refractivity contribution is 0.507. The molecule has 0 spiro atoms. The van der Waals surface area contributed by atoms with Crippen LogP contribution in [-0.4, -0.2) is 0 Å². The lowest BCUT2D eigenvalue weighted by atomic mass is 10.1. The monoisotopic (exact) mass is 182 g/mol. The van der Waals surface area contributed by atoms with Gasteiger partial charge in [-0.3, -0.25) is 0 Å². The number of benzene rings is 1. The average Bonchev–Trinajstić information content (AvgIpc) is 2.07. The molecule has 0 unspecified atom stereocenters. The third-order valence-corrected chi connectivity index (χ3v) is 1.82. The Hall–Kier alpha value is -1.18. The molecule has 0 fully saturated rings. The van der Waals surface area contributed by atoms with Gasteiger partial charge in [-0.15, -0.1) is 6.58 Å². The van der Waals surface area contributed by atoms with Gasteiger partial charge >= 0.3 is 0 Å². The van der Waals surface area contributed by atoms with Crippen LogP contribution >= 0.6 is 0 Å². The molecule has 70 valence electrons. The van der Waals surface area contributed by atoms with Crippen LogP contribution in [0.25, 0.3) is 0 Å². The molecule has 0 aromatic heterocycles. The van der Waals surface area contributed by atoms with Crippen molar-refractivity contribution in [2.45, 2.75) is 19.8 Å². The van der Waals surface area contributed by atoms with Crippen LogP contribution in [-0.2, 0) is 6.42 Å². The number of allylic oxidation sites excluding steroid dienone is 1. The standard InChI is InChI=1S/C11H12F2/c1-8(2)3-4-9-5-6-10(12)11(13)7-9/h5-7H,1,3-4H2,2H3. The van der Waals surface area contributed by atoms with E-state index in [4.69, 9.17) is 0 Å². The maximum atomic E-state index is 12.7. The second-order valence-electron chi connectivity index (χ2n) is 3.21. The predicted octanol–water partition coefficient (Wildman–Crippen LogP) is 3.47. The minimum absolute atomic E-state index is 0.715. The van der Waals surface area contributed by atoms with Crippen LogP contribution < -0.4 is 0 Å². The molecule has 0 bridgehead atoms. The molecule has 0 saturated heterocycles. The van der Waals surface area contributed by atoms with Crippen LogP contribution in [0.15, 0.2) is 30.4 Å². The molecule has 2 heteroatoms. The van der Waals surface area contributed by atoms with E-state index in [-0.39, 0.29) is 0 Å². The normalized spacial score (nSPS) is 10.1. The maximum Gasteiger partial charge on any atom is 0.159 e. The van der Waals surface area contributed by atoms with Crippen molar-refractivity contribution in [1.29, 1.82) is 0 Å². The summed E-state index contributed by atoms with van der Waals surface area (Å²) in [7, 11) is 0. The molecule has 0 heterocycles. The van der Waals surface area contributed by atoms with Gasteiger partial charge in [-0.25, -0.2) is 8.78 Å². The zero-order valence-corrected chi connectivity index (χ0v) is 7.61. The van der Waals surface area contributed by atoms with Crippen LogP contribution in [0, 0.1) is 11.6 Å². The molecule has 1 aromatic carbocycles. The first-order valence-corrected chi connectivity index (χ1v) is 4.18. The summed E-state index contributed by atoms with van der Waals surface area (Å²) in [5, 5.41) is 0. The molecule has 0 N–H and O–H groups in total. The van der Waals surface area contributed by atoms with Crippen LogP contribution in [0.5, 0.6) is 0 Å². The topological polar surface area (TPSA) is 0 Å². The molecule has 0 amide bonds. The average molecular weight is 182 g/mol. The van der Waals surface area contributed by atoms with Crippen molar-refractivity contribution < 1.29 is 8.78 Å². The molecule has 1 aromatic rings. The summed E-state index contributed by atoms with van der Waals surface area (Å²) in [5.41, 5.74) is 1.85. The largest absolute Gasteiger partial charge is 0.204 e. The summed E-state index contributed by atoms with van der Waals surface area (Å²) >= 11 is 0. The Balaban J connectivity index is 2.68. The van der Waals surface area contributed by atoms with Crippen molar-refractivity contribution in [3.63, 3.8) is 0 Å². The smallest absolute Gasteiger partial charge is 0.159 e. The van der Waals surface area contributed by atoms with E-state index >= 15 is 0 Å². The second kappa shape index (κ2) is 4.17. The summed E-state index contributed by atoms with van der Waals surface area (Å²) < 4.78 is 25.2. The molecule has 13 heavy (non-hydrogen) atoms. The Bertz CT molecular complexity index is 316. The van der Waals surface area contributed by atoms with Gasteiger partial charge in [0.05, 0.1) is 0 Å². The van der Waals surface area contributed by atoms with Crippen molar-refractivity contribution in [1.82, 2.24) is 0 Å². The van der Waals surface area contributed by atoms with Gasteiger partial charge < -0.3 is 0 Å². The van der Waals surface area contributed by atoms with Gasteiger partial charge in [0.1, 0.15) is 0 Å². The molecule has 1 rings (SSSR count). The van der Waals surface area contributed by atoms with Crippen molar-refractivity contribution >= 4 is 0 Å². The highest BCUT2D eigenvalue weighted by atomic mass is 19.2. The van der Waals surface area contributed by atoms with Crippen LogP contribution in [0.4, 0.5) is 8.78 Å². The van der Waals surface area contributed by atoms with Gasteiger partial charge in [0.15, 0.2) is 11.6 Å². The first kappa shape index (κ1) is 9.90. The van der Waals surface area contributed by atoms with Gasteiger partial charge in [-0.05, 0) is 37.5 Å². The molecular weight excluding hydrogens is 170 g/mol. The van der Waals surface area contributed by atoms with Crippen LogP contribution in [0.3, 0.4) is 0 Å². The highest BCUT2D eigenvalue weighted by Gasteiger charge is 2.01. The van der Waals surface area contributed by atoms with Crippen molar-refractivity contribution in [2.24, 2.45) is 0 Å². The fourth-order valence-electron chi connectivity index (χ4n) is 1.05. The van der Waals surface area contributed by atoms with E-state index in [0.29, 0.717) is 6.42 Å². The highest BCUT2D eigenvalue weighted by Crippen LogP contribution is 2.11. The summed E-state index contributed by atoms with van der Waals surface area (Å²) in [6, 6.07) is 3.99. The maximum absolute atomic E-state index is 12.7. The molecule has 0 aliphatic rings. The quantitative estimate of drug-likeness (QED) is 0.628. The second-order valence-corrected chi connectivity index (χ2v) is 3.21. The molecule has 0 aliphatic carbocycles. The summed E-state index contributed by atoms with van der Waals surface area (Å²) in [4.78, 5) is 0. The van der Waals surface area contributed by atoms with E-state index in [1.165, 1.54) is 6.07 Å². The summed E-state index contributed by atoms with van der Waals surface area (Å²) in [6.07, 6.45) is 1.53. The number of hydrogen-bond donors (Lipinski definition) is 0. The fraction of sp³-hybridized carbons (Fsp3) is 0.273. The number of halogens is 2. The van der Waals surface area contributed by atoms with Gasteiger partial charge in [0.25, 0.3) is 0 Å². The SMILES string of the molecule is C=C(C)CCc1ccc(F)c(F)c1. The van der Waals surface area contributed by atoms with E-state index in [1.54, 1.807) is 6.07 Å². The van der Waals surface area contributed by atoms with Gasteiger partial charge in [0, 0.05) is 0 Å². The van der Waals surface area contributed by atoms with Crippen molar-refractivity contribution in [3.8, 4) is 0 Å². The first-order chi connectivity index (χ1) is 6.09. The van der Waals surface area contributed by atoms with Gasteiger partial charge in [-0.2, -0.15) is 0 Å². The van der Waals surface area contributed by atoms with Gasteiger partial charge in [-0.1, -0.05) is 11.6 Å². The zero-order chi connectivity index (χ0) is 9.84. The Morgan fingerprint density at radius 3 is 2.54 bits per heavy atom. The van der Waals surface area contributed by atoms with E-state index < -0.39 is 11.6 Å². The number of hydrogen-bond acceptors (Lipinski definition) is 0. The predicted molar refractivity (Wildman–Crippen MR) is 49.5 cm³/mol. The number of aryl methyl sites for hydroxylation is 1. The third kappa shape index (κ3) is 2.98. The van der Waals surface area contributed by atoms with E-state index in [9.17, 15) is 8.78 Å². The lowest BCUT2D eigenvalue weighted by Crippen LogP contribution is -1.90. The number of rotatable bonds is 3. The van der Waals surface area contributed by atoms with E-state index in [0.717, 1.165) is 23.6 Å². The molecule has 0 aliphatic heterocycles. The Morgan fingerprint density at radius 1 is 1.31 bits per heavy atom. The van der Waals surface area contributed by atoms with E-state index in [2.05, 4.69) is 6.58 Å². The highest BCUT2D eigenvalue weighted by molar-refractivity contribution is 5.18. The van der Waals surface area contributed by atoms with Crippen LogP contribution in [0.1, 0.15) is 18.9 Å². The Kier molecular flexibility index (Phi) is 3.18. The van der Waals surface area contributed by atoms with Crippen molar-refractivity contribution in [2.75, 3.05) is 0 Å². The first-order valence-electron chi connectivity index (χ1n) is 4.18. The lowest BCUT2D eigenvalue weighted by Gasteiger charge is -2.01. The molecule has 0 atom stereocenters. The van der Waals surface area contributed by atoms with Crippen molar-refractivity contribution in [3.05, 3.63) is 47.5 Å². The van der Waals surface area contributed by atoms with E-state index in [1.807, 2.05) is 6.92 Å². The minimum atomic E-state index is -0.793. The molecule has 0 radical (unpaired) electrons. The van der Waals surface area contributed by atoms with Crippen LogP contribution in [0.2, 0.25) is 0 Å². The summed E-state index contributed by atoms with van der Waals surface area (Å²) in [6.45, 7) is 5.66. The van der Waals surface area contributed by atoms with Gasteiger partial charge in [0.2, 0.25) is 0 Å². The fourth-order valence-corrected chi connectivity index (χ4v) is 1.05. The molecule has 0 nitrogen and oxygen atoms in total. The third-order valence-electron chi connectivity index (χ3n) is 1.82. The molecule has 0 saturated carbocycles. The Labute approximate surface area is 76.9 Å².